The monoisotopic (exact) mass is 373 g/mol. The predicted molar refractivity (Wildman–Crippen MR) is 95.1 cm³/mol. The van der Waals surface area contributed by atoms with Crippen LogP contribution in [0.3, 0.4) is 0 Å². The molecule has 0 fully saturated rings. The van der Waals surface area contributed by atoms with Crippen LogP contribution in [0.2, 0.25) is 0 Å². The van der Waals surface area contributed by atoms with E-state index < -0.39 is 14.8 Å². The number of hydrogen-bond acceptors (Lipinski definition) is 5. The Kier molecular flexibility index (Phi) is 4.97. The van der Waals surface area contributed by atoms with Crippen LogP contribution >= 0.6 is 23.4 Å². The van der Waals surface area contributed by atoms with Crippen molar-refractivity contribution < 1.29 is 12.6 Å². The first-order chi connectivity index (χ1) is 11.0. The Morgan fingerprint density at radius 2 is 2.00 bits per heavy atom. The summed E-state index contributed by atoms with van der Waals surface area (Å²) in [5, 5.41) is 0. The molecule has 0 bridgehead atoms. The van der Waals surface area contributed by atoms with E-state index in [-0.39, 0.29) is 6.04 Å². The highest BCUT2D eigenvalue weighted by Gasteiger charge is 2.45. The molecule has 2 aliphatic rings. The highest BCUT2D eigenvalue weighted by atomic mass is 35.5. The maximum Gasteiger partial charge on any atom is 0.328 e. The molecule has 0 aliphatic carbocycles. The summed E-state index contributed by atoms with van der Waals surface area (Å²) in [6.45, 7) is 5.53. The fourth-order valence-corrected chi connectivity index (χ4v) is 5.83. The average molecular weight is 374 g/mol. The minimum atomic E-state index is -3.85. The Morgan fingerprint density at radius 3 is 2.70 bits per heavy atom. The molecule has 2 heterocycles. The van der Waals surface area contributed by atoms with Gasteiger partial charge in [0.15, 0.2) is 10.5 Å². The van der Waals surface area contributed by atoms with Crippen molar-refractivity contribution in [2.24, 2.45) is 0 Å². The van der Waals surface area contributed by atoms with Gasteiger partial charge in [0.25, 0.3) is 0 Å². The summed E-state index contributed by atoms with van der Waals surface area (Å²) in [6, 6.07) is 7.45. The van der Waals surface area contributed by atoms with Crippen LogP contribution in [0.4, 0.5) is 0 Å². The van der Waals surface area contributed by atoms with E-state index in [4.69, 9.17) is 15.8 Å². The van der Waals surface area contributed by atoms with Gasteiger partial charge in [0.05, 0.1) is 6.04 Å². The smallest absolute Gasteiger partial charge is 0.328 e. The van der Waals surface area contributed by atoms with Gasteiger partial charge >= 0.3 is 10.1 Å². The maximum atomic E-state index is 12.5. The molecule has 3 rings (SSSR count). The third-order valence-corrected chi connectivity index (χ3v) is 7.52. The number of hydrogen-bond donors (Lipinski definition) is 0. The molecule has 0 radical (unpaired) electrons. The SMILES string of the molecule is CCN(CC)[C@H]1C2=C(OS(=O)(=O)[C@@H]1Cl)c1ccccc1SCC2. The van der Waals surface area contributed by atoms with Crippen molar-refractivity contribution in [1.82, 2.24) is 4.90 Å². The lowest BCUT2D eigenvalue weighted by Gasteiger charge is -2.38. The van der Waals surface area contributed by atoms with Crippen LogP contribution in [0.1, 0.15) is 25.8 Å². The molecule has 23 heavy (non-hydrogen) atoms. The molecule has 1 aromatic rings. The fourth-order valence-electron chi connectivity index (χ4n) is 3.20. The molecule has 0 saturated heterocycles. The average Bonchev–Trinajstić information content (AvgIpc) is 2.71. The van der Waals surface area contributed by atoms with E-state index >= 15 is 0 Å². The van der Waals surface area contributed by atoms with Crippen molar-refractivity contribution in [3.8, 4) is 0 Å². The third-order valence-electron chi connectivity index (χ3n) is 4.34. The van der Waals surface area contributed by atoms with E-state index in [1.807, 2.05) is 38.1 Å². The second kappa shape index (κ2) is 6.67. The van der Waals surface area contributed by atoms with Gasteiger partial charge in [0, 0.05) is 16.2 Å². The van der Waals surface area contributed by atoms with Crippen LogP contribution in [0.5, 0.6) is 0 Å². The topological polar surface area (TPSA) is 46.6 Å². The van der Waals surface area contributed by atoms with Crippen molar-refractivity contribution >= 4 is 39.2 Å². The second-order valence-corrected chi connectivity index (χ2v) is 9.07. The molecule has 0 spiro atoms. The van der Waals surface area contributed by atoms with Gasteiger partial charge < -0.3 is 4.18 Å². The van der Waals surface area contributed by atoms with E-state index in [9.17, 15) is 8.42 Å². The van der Waals surface area contributed by atoms with E-state index in [0.29, 0.717) is 5.76 Å². The second-order valence-electron chi connectivity index (χ2n) is 5.54. The van der Waals surface area contributed by atoms with Gasteiger partial charge in [-0.3, -0.25) is 4.90 Å². The molecule has 126 valence electrons. The summed E-state index contributed by atoms with van der Waals surface area (Å²) in [5.41, 5.74) is 1.86. The molecule has 0 aromatic heterocycles. The molecule has 1 aromatic carbocycles. The van der Waals surface area contributed by atoms with E-state index in [0.717, 1.165) is 41.3 Å². The third kappa shape index (κ3) is 3.02. The summed E-state index contributed by atoms with van der Waals surface area (Å²) in [5.74, 6) is 1.38. The van der Waals surface area contributed by atoms with Crippen molar-refractivity contribution in [2.45, 2.75) is 35.9 Å². The standard InChI is InChI=1S/C16H20ClNO3S2/c1-3-18(4-2)14-12-9-10-22-13-8-6-5-7-11(13)15(12)21-23(19,20)16(14)17/h5-8,14,16H,3-4,9-10H2,1-2H3/t14-,16-/m0/s1. The minimum Gasteiger partial charge on any atom is -0.381 e. The van der Waals surface area contributed by atoms with E-state index in [1.165, 1.54) is 0 Å². The summed E-state index contributed by atoms with van der Waals surface area (Å²) in [4.78, 5) is 3.16. The van der Waals surface area contributed by atoms with E-state index in [1.54, 1.807) is 11.8 Å². The van der Waals surface area contributed by atoms with Crippen LogP contribution in [-0.4, -0.2) is 42.9 Å². The molecule has 7 heteroatoms. The van der Waals surface area contributed by atoms with E-state index in [2.05, 4.69) is 4.90 Å². The Bertz CT molecular complexity index is 729. The molecule has 0 N–H and O–H groups in total. The summed E-state index contributed by atoms with van der Waals surface area (Å²) < 4.78 is 29.3. The summed E-state index contributed by atoms with van der Waals surface area (Å²) >= 11 is 8.06. The van der Waals surface area contributed by atoms with Crippen molar-refractivity contribution in [3.63, 3.8) is 0 Å². The van der Waals surface area contributed by atoms with Gasteiger partial charge in [-0.1, -0.05) is 43.6 Å². The van der Waals surface area contributed by atoms with Crippen LogP contribution in [0.25, 0.3) is 5.76 Å². The largest absolute Gasteiger partial charge is 0.381 e. The lowest BCUT2D eigenvalue weighted by Crippen LogP contribution is -2.48. The number of benzene rings is 1. The van der Waals surface area contributed by atoms with Gasteiger partial charge in [-0.25, -0.2) is 0 Å². The maximum absolute atomic E-state index is 12.5. The number of fused-ring (bicyclic) bond motifs is 2. The number of nitrogens with zero attached hydrogens (tertiary/aromatic N) is 1. The molecule has 2 aliphatic heterocycles. The molecule has 0 amide bonds. The summed E-state index contributed by atoms with van der Waals surface area (Å²) in [6.07, 6.45) is 0.772. The van der Waals surface area contributed by atoms with Gasteiger partial charge in [-0.05, 0) is 31.1 Å². The number of halogens is 1. The Balaban J connectivity index is 2.21. The number of likely N-dealkylation sites (N-methyl/N-ethyl adjacent to an activating group) is 1. The number of alkyl halides is 1. The van der Waals surface area contributed by atoms with Gasteiger partial charge in [0.1, 0.15) is 0 Å². The zero-order chi connectivity index (χ0) is 16.6. The highest BCUT2D eigenvalue weighted by molar-refractivity contribution is 7.99. The predicted octanol–water partition coefficient (Wildman–Crippen LogP) is 3.53. The van der Waals surface area contributed by atoms with Crippen LogP contribution < -0.4 is 0 Å². The molecular formula is C16H20ClNO3S2. The molecule has 0 unspecified atom stereocenters. The van der Waals surface area contributed by atoms with Crippen molar-refractivity contribution in [3.05, 3.63) is 35.4 Å². The first kappa shape index (κ1) is 17.1. The van der Waals surface area contributed by atoms with Crippen LogP contribution in [0, 0.1) is 0 Å². The first-order valence-electron chi connectivity index (χ1n) is 7.76. The minimum absolute atomic E-state index is 0.341. The molecule has 4 nitrogen and oxygen atoms in total. The Labute approximate surface area is 147 Å². The van der Waals surface area contributed by atoms with Gasteiger partial charge in [-0.15, -0.1) is 11.8 Å². The molecule has 2 atom stereocenters. The number of thioether (sulfide) groups is 1. The molecule has 0 saturated carbocycles. The van der Waals surface area contributed by atoms with Crippen LogP contribution in [0.15, 0.2) is 34.7 Å². The Hall–Kier alpha value is -0.690. The van der Waals surface area contributed by atoms with Crippen molar-refractivity contribution in [1.29, 1.82) is 0 Å². The summed E-state index contributed by atoms with van der Waals surface area (Å²) in [7, 11) is -3.85. The first-order valence-corrected chi connectivity index (χ1v) is 10.7. The normalized spacial score (nSPS) is 26.3. The molecular weight excluding hydrogens is 354 g/mol. The lowest BCUT2D eigenvalue weighted by molar-refractivity contribution is 0.238. The Morgan fingerprint density at radius 1 is 1.30 bits per heavy atom. The van der Waals surface area contributed by atoms with Crippen LogP contribution in [-0.2, 0) is 14.3 Å². The number of rotatable bonds is 3. The quantitative estimate of drug-likeness (QED) is 0.599. The zero-order valence-corrected chi connectivity index (χ0v) is 15.5. The lowest BCUT2D eigenvalue weighted by atomic mass is 9.98. The highest BCUT2D eigenvalue weighted by Crippen LogP contribution is 2.44. The van der Waals surface area contributed by atoms with Gasteiger partial charge in [0.2, 0.25) is 0 Å². The van der Waals surface area contributed by atoms with Gasteiger partial charge in [-0.2, -0.15) is 8.42 Å². The fraction of sp³-hybridized carbons (Fsp3) is 0.500. The zero-order valence-electron chi connectivity index (χ0n) is 13.2. The van der Waals surface area contributed by atoms with Crippen molar-refractivity contribution in [2.75, 3.05) is 18.8 Å².